The van der Waals surface area contributed by atoms with E-state index in [1.165, 1.54) is 0 Å². The zero-order chi connectivity index (χ0) is 19.3. The van der Waals surface area contributed by atoms with Crippen molar-refractivity contribution in [2.24, 2.45) is 0 Å². The standard InChI is InChI=1S/C19H17Cl2N3O2S/c1-9(2)26-18(25)16-10(3)22-19-23-13-7-11(20)12(21)8-14(13)24(19)17(16)15-5-4-6-27-15/h4-9,17H,1-3H3,(H,22,23). The van der Waals surface area contributed by atoms with E-state index >= 15 is 0 Å². The molecule has 0 radical (unpaired) electrons. The van der Waals surface area contributed by atoms with E-state index in [1.54, 1.807) is 23.5 Å². The van der Waals surface area contributed by atoms with Gasteiger partial charge >= 0.3 is 5.97 Å². The minimum absolute atomic E-state index is 0.212. The lowest BCUT2D eigenvalue weighted by Crippen LogP contribution is -2.29. The number of carbonyl (C=O) groups excluding carboxylic acids is 1. The van der Waals surface area contributed by atoms with Gasteiger partial charge in [-0.25, -0.2) is 9.78 Å². The highest BCUT2D eigenvalue weighted by molar-refractivity contribution is 7.10. The van der Waals surface area contributed by atoms with Gasteiger partial charge in [-0.3, -0.25) is 4.57 Å². The van der Waals surface area contributed by atoms with Crippen LogP contribution in [-0.4, -0.2) is 21.6 Å². The molecular weight excluding hydrogens is 405 g/mol. The van der Waals surface area contributed by atoms with E-state index in [1.807, 2.05) is 42.9 Å². The summed E-state index contributed by atoms with van der Waals surface area (Å²) in [6.45, 7) is 5.54. The third kappa shape index (κ3) is 3.12. The summed E-state index contributed by atoms with van der Waals surface area (Å²) in [6.07, 6.45) is -0.212. The number of allylic oxidation sites excluding steroid dienone is 1. The van der Waals surface area contributed by atoms with Gasteiger partial charge in [-0.2, -0.15) is 0 Å². The van der Waals surface area contributed by atoms with Crippen molar-refractivity contribution in [2.75, 3.05) is 5.32 Å². The number of nitrogens with one attached hydrogen (secondary N) is 1. The Morgan fingerprint density at radius 2 is 2.07 bits per heavy atom. The van der Waals surface area contributed by atoms with Crippen LogP contribution in [0.1, 0.15) is 31.7 Å². The molecule has 0 spiro atoms. The number of thiophene rings is 1. The van der Waals surface area contributed by atoms with Gasteiger partial charge in [-0.05, 0) is 44.4 Å². The molecule has 0 saturated heterocycles. The summed E-state index contributed by atoms with van der Waals surface area (Å²) in [6, 6.07) is 7.13. The molecule has 140 valence electrons. The summed E-state index contributed by atoms with van der Waals surface area (Å²) in [5.41, 5.74) is 2.79. The summed E-state index contributed by atoms with van der Waals surface area (Å²) < 4.78 is 7.50. The average Bonchev–Trinajstić information content (AvgIpc) is 3.21. The van der Waals surface area contributed by atoms with Gasteiger partial charge in [0.05, 0.1) is 32.8 Å². The van der Waals surface area contributed by atoms with Crippen LogP contribution in [0.3, 0.4) is 0 Å². The average molecular weight is 422 g/mol. The molecule has 1 N–H and O–H groups in total. The number of imidazole rings is 1. The summed E-state index contributed by atoms with van der Waals surface area (Å²) >= 11 is 14.0. The number of ether oxygens (including phenoxy) is 1. The molecule has 0 bridgehead atoms. The zero-order valence-corrected chi connectivity index (χ0v) is 17.2. The van der Waals surface area contributed by atoms with Crippen LogP contribution < -0.4 is 5.32 Å². The highest BCUT2D eigenvalue weighted by atomic mass is 35.5. The van der Waals surface area contributed by atoms with Crippen molar-refractivity contribution in [3.05, 3.63) is 55.8 Å². The van der Waals surface area contributed by atoms with Gasteiger partial charge in [0.2, 0.25) is 5.95 Å². The molecule has 0 saturated carbocycles. The number of carbonyl (C=O) groups is 1. The molecule has 27 heavy (non-hydrogen) atoms. The maximum atomic E-state index is 12.9. The molecule has 2 aromatic heterocycles. The third-order valence-corrected chi connectivity index (χ3v) is 5.99. The van der Waals surface area contributed by atoms with Crippen molar-refractivity contribution >= 4 is 57.5 Å². The van der Waals surface area contributed by atoms with Crippen LogP contribution in [0.2, 0.25) is 10.0 Å². The van der Waals surface area contributed by atoms with Crippen molar-refractivity contribution in [2.45, 2.75) is 32.9 Å². The first kappa shape index (κ1) is 18.3. The van der Waals surface area contributed by atoms with Gasteiger partial charge in [0.25, 0.3) is 0 Å². The molecule has 4 rings (SSSR count). The van der Waals surface area contributed by atoms with Gasteiger partial charge in [0.1, 0.15) is 6.04 Å². The van der Waals surface area contributed by atoms with Crippen LogP contribution in [-0.2, 0) is 9.53 Å². The van der Waals surface area contributed by atoms with Crippen LogP contribution >= 0.6 is 34.5 Å². The van der Waals surface area contributed by atoms with Crippen molar-refractivity contribution < 1.29 is 9.53 Å². The Hall–Kier alpha value is -2.02. The quantitative estimate of drug-likeness (QED) is 0.555. The first-order valence-corrected chi connectivity index (χ1v) is 10.1. The highest BCUT2D eigenvalue weighted by Crippen LogP contribution is 2.42. The maximum Gasteiger partial charge on any atom is 0.338 e. The predicted molar refractivity (Wildman–Crippen MR) is 110 cm³/mol. The molecule has 5 nitrogen and oxygen atoms in total. The third-order valence-electron chi connectivity index (χ3n) is 4.34. The Labute approximate surface area is 170 Å². The molecule has 1 aliphatic heterocycles. The summed E-state index contributed by atoms with van der Waals surface area (Å²) in [5.74, 6) is 0.293. The molecule has 0 aliphatic carbocycles. The van der Waals surface area contributed by atoms with Gasteiger partial charge in [-0.15, -0.1) is 11.3 Å². The number of hydrogen-bond acceptors (Lipinski definition) is 5. The van der Waals surface area contributed by atoms with Crippen molar-refractivity contribution in [3.63, 3.8) is 0 Å². The molecule has 0 amide bonds. The molecule has 3 aromatic rings. The monoisotopic (exact) mass is 421 g/mol. The van der Waals surface area contributed by atoms with Crippen LogP contribution in [0, 0.1) is 0 Å². The van der Waals surface area contributed by atoms with Crippen LogP contribution in [0.15, 0.2) is 40.9 Å². The zero-order valence-electron chi connectivity index (χ0n) is 14.9. The molecule has 1 aromatic carbocycles. The fraction of sp³-hybridized carbons (Fsp3) is 0.263. The number of benzene rings is 1. The van der Waals surface area contributed by atoms with E-state index in [0.717, 1.165) is 16.1 Å². The lowest BCUT2D eigenvalue weighted by Gasteiger charge is -2.29. The first-order valence-electron chi connectivity index (χ1n) is 8.46. The van der Waals surface area contributed by atoms with E-state index in [-0.39, 0.29) is 18.1 Å². The first-order chi connectivity index (χ1) is 12.9. The second-order valence-electron chi connectivity index (χ2n) is 6.60. The number of esters is 1. The van der Waals surface area contributed by atoms with Crippen LogP contribution in [0.4, 0.5) is 5.95 Å². The number of halogens is 2. The Kier molecular flexibility index (Phi) is 4.66. The number of nitrogens with zero attached hydrogens (tertiary/aromatic N) is 2. The van der Waals surface area contributed by atoms with Crippen LogP contribution in [0.25, 0.3) is 11.0 Å². The van der Waals surface area contributed by atoms with Crippen molar-refractivity contribution in [1.29, 1.82) is 0 Å². The SMILES string of the molecule is CC1=C(C(=O)OC(C)C)C(c2cccs2)n2c(nc3cc(Cl)c(Cl)cc32)N1. The lowest BCUT2D eigenvalue weighted by molar-refractivity contribution is -0.143. The minimum Gasteiger partial charge on any atom is -0.459 e. The fourth-order valence-electron chi connectivity index (χ4n) is 3.27. The van der Waals surface area contributed by atoms with Gasteiger partial charge in [0.15, 0.2) is 0 Å². The van der Waals surface area contributed by atoms with Crippen molar-refractivity contribution in [1.82, 2.24) is 9.55 Å². The summed E-state index contributed by atoms with van der Waals surface area (Å²) in [5, 5.41) is 6.10. The number of rotatable bonds is 3. The molecule has 1 atom stereocenters. The van der Waals surface area contributed by atoms with E-state index in [0.29, 0.717) is 27.1 Å². The molecule has 1 aliphatic rings. The Balaban J connectivity index is 1.96. The van der Waals surface area contributed by atoms with E-state index < -0.39 is 0 Å². The normalized spacial score (nSPS) is 16.6. The smallest absolute Gasteiger partial charge is 0.338 e. The predicted octanol–water partition coefficient (Wildman–Crippen LogP) is 5.65. The Morgan fingerprint density at radius 3 is 2.74 bits per heavy atom. The van der Waals surface area contributed by atoms with Crippen molar-refractivity contribution in [3.8, 4) is 0 Å². The van der Waals surface area contributed by atoms with Crippen LogP contribution in [0.5, 0.6) is 0 Å². The molecule has 3 heterocycles. The van der Waals surface area contributed by atoms with Gasteiger partial charge in [0, 0.05) is 10.6 Å². The van der Waals surface area contributed by atoms with Gasteiger partial charge < -0.3 is 10.1 Å². The number of fused-ring (bicyclic) bond motifs is 3. The van der Waals surface area contributed by atoms with Gasteiger partial charge in [-0.1, -0.05) is 29.3 Å². The molecule has 0 fully saturated rings. The second-order valence-corrected chi connectivity index (χ2v) is 8.39. The van der Waals surface area contributed by atoms with E-state index in [9.17, 15) is 4.79 Å². The molecular formula is C19H17Cl2N3O2S. The molecule has 1 unspecified atom stereocenters. The second kappa shape index (κ2) is 6.86. The Bertz CT molecular complexity index is 1070. The van der Waals surface area contributed by atoms with E-state index in [2.05, 4.69) is 10.3 Å². The summed E-state index contributed by atoms with van der Waals surface area (Å²) in [4.78, 5) is 18.6. The number of hydrogen-bond donors (Lipinski definition) is 1. The fourth-order valence-corrected chi connectivity index (χ4v) is 4.41. The van der Waals surface area contributed by atoms with E-state index in [4.69, 9.17) is 27.9 Å². The number of aromatic nitrogens is 2. The highest BCUT2D eigenvalue weighted by Gasteiger charge is 2.36. The topological polar surface area (TPSA) is 56.2 Å². The largest absolute Gasteiger partial charge is 0.459 e. The summed E-state index contributed by atoms with van der Waals surface area (Å²) in [7, 11) is 0. The number of anilines is 1. The lowest BCUT2D eigenvalue weighted by atomic mass is 10.0. The minimum atomic E-state index is -0.352. The maximum absolute atomic E-state index is 12.9. The molecule has 8 heteroatoms. The Morgan fingerprint density at radius 1 is 1.33 bits per heavy atom.